The van der Waals surface area contributed by atoms with E-state index in [4.69, 9.17) is 0 Å². The van der Waals surface area contributed by atoms with Crippen molar-refractivity contribution in [3.05, 3.63) is 92.3 Å². The Balaban J connectivity index is 1.35. The van der Waals surface area contributed by atoms with Gasteiger partial charge in [0.25, 0.3) is 5.56 Å². The molecule has 35 heavy (non-hydrogen) atoms. The minimum Gasteiger partial charge on any atom is -0.355 e. The maximum atomic E-state index is 13.2. The van der Waals surface area contributed by atoms with Crippen molar-refractivity contribution in [3.8, 4) is 0 Å². The van der Waals surface area contributed by atoms with Crippen LogP contribution in [0.3, 0.4) is 0 Å². The second-order valence-corrected chi connectivity index (χ2v) is 8.41. The predicted octanol–water partition coefficient (Wildman–Crippen LogP) is 3.50. The molecule has 2 aromatic carbocycles. The zero-order valence-electron chi connectivity index (χ0n) is 18.3. The SMILES string of the molecule is O=C(CC1(C(=O)NCc2ccc(Nc3ccccc3C(F)(F)F)cc2)CC1)c1c[nH]c(=O)[nH]c1=O. The molecule has 1 aromatic heterocycles. The van der Waals surface area contributed by atoms with Crippen LogP contribution in [-0.2, 0) is 17.5 Å². The topological polar surface area (TPSA) is 124 Å². The van der Waals surface area contributed by atoms with Crippen molar-refractivity contribution in [1.29, 1.82) is 0 Å². The van der Waals surface area contributed by atoms with E-state index in [0.29, 0.717) is 24.1 Å². The monoisotopic (exact) mass is 486 g/mol. The Labute approximate surface area is 196 Å². The number of anilines is 2. The molecule has 11 heteroatoms. The summed E-state index contributed by atoms with van der Waals surface area (Å²) in [5.41, 5.74) is -2.31. The van der Waals surface area contributed by atoms with E-state index in [1.54, 1.807) is 24.3 Å². The summed E-state index contributed by atoms with van der Waals surface area (Å²) in [7, 11) is 0. The Hall–Kier alpha value is -4.15. The highest BCUT2D eigenvalue weighted by Gasteiger charge is 2.51. The Morgan fingerprint density at radius 2 is 1.69 bits per heavy atom. The summed E-state index contributed by atoms with van der Waals surface area (Å²) < 4.78 is 39.5. The molecular formula is C24H21F3N4O4. The van der Waals surface area contributed by atoms with E-state index in [9.17, 15) is 32.3 Å². The summed E-state index contributed by atoms with van der Waals surface area (Å²) in [6.07, 6.45) is -2.62. The van der Waals surface area contributed by atoms with E-state index in [0.717, 1.165) is 12.3 Å². The number of nitrogens with one attached hydrogen (secondary N) is 4. The number of H-pyrrole nitrogens is 2. The quantitative estimate of drug-likeness (QED) is 0.363. The fraction of sp³-hybridized carbons (Fsp3) is 0.250. The Kier molecular flexibility index (Phi) is 6.33. The molecule has 0 saturated heterocycles. The van der Waals surface area contributed by atoms with Gasteiger partial charge in [-0.05, 0) is 42.7 Å². The first-order valence-electron chi connectivity index (χ1n) is 10.7. The number of alkyl halides is 3. The van der Waals surface area contributed by atoms with E-state index >= 15 is 0 Å². The zero-order chi connectivity index (χ0) is 25.2. The molecule has 1 aliphatic rings. The van der Waals surface area contributed by atoms with Gasteiger partial charge in [0.05, 0.1) is 22.2 Å². The number of hydrogen-bond donors (Lipinski definition) is 4. The summed E-state index contributed by atoms with van der Waals surface area (Å²) in [4.78, 5) is 52.4. The van der Waals surface area contributed by atoms with Gasteiger partial charge in [0.15, 0.2) is 5.78 Å². The highest BCUT2D eigenvalue weighted by atomic mass is 19.4. The summed E-state index contributed by atoms with van der Waals surface area (Å²) >= 11 is 0. The van der Waals surface area contributed by atoms with Gasteiger partial charge in [-0.1, -0.05) is 24.3 Å². The molecule has 0 radical (unpaired) electrons. The first kappa shape index (κ1) is 24.0. The van der Waals surface area contributed by atoms with Crippen LogP contribution in [0.25, 0.3) is 0 Å². The van der Waals surface area contributed by atoms with E-state index < -0.39 is 34.2 Å². The van der Waals surface area contributed by atoms with Gasteiger partial charge >= 0.3 is 11.9 Å². The van der Waals surface area contributed by atoms with Gasteiger partial charge < -0.3 is 15.6 Å². The average Bonchev–Trinajstić information content (AvgIpc) is 3.58. The van der Waals surface area contributed by atoms with Crippen LogP contribution in [0, 0.1) is 5.41 Å². The van der Waals surface area contributed by atoms with Crippen LogP contribution in [0.2, 0.25) is 0 Å². The largest absolute Gasteiger partial charge is 0.418 e. The maximum Gasteiger partial charge on any atom is 0.418 e. The molecule has 1 fully saturated rings. The first-order valence-corrected chi connectivity index (χ1v) is 10.7. The Morgan fingerprint density at radius 3 is 2.31 bits per heavy atom. The van der Waals surface area contributed by atoms with Crippen LogP contribution in [0.1, 0.15) is 40.7 Å². The van der Waals surface area contributed by atoms with Crippen LogP contribution < -0.4 is 21.9 Å². The van der Waals surface area contributed by atoms with E-state index in [1.807, 2.05) is 4.98 Å². The molecule has 182 valence electrons. The molecule has 8 nitrogen and oxygen atoms in total. The summed E-state index contributed by atoms with van der Waals surface area (Å²) in [6, 6.07) is 11.7. The van der Waals surface area contributed by atoms with Crippen molar-refractivity contribution in [2.45, 2.75) is 32.0 Å². The number of benzene rings is 2. The van der Waals surface area contributed by atoms with Crippen LogP contribution in [0.15, 0.2) is 64.3 Å². The number of carbonyl (C=O) groups excluding carboxylic acids is 2. The number of para-hydroxylation sites is 1. The third kappa shape index (κ3) is 5.51. The Morgan fingerprint density at radius 1 is 1.00 bits per heavy atom. The Bertz CT molecular complexity index is 1370. The van der Waals surface area contributed by atoms with Gasteiger partial charge in [-0.15, -0.1) is 0 Å². The minimum absolute atomic E-state index is 0.0669. The van der Waals surface area contributed by atoms with Gasteiger partial charge in [0.2, 0.25) is 5.91 Å². The molecule has 1 amide bonds. The van der Waals surface area contributed by atoms with Crippen molar-refractivity contribution in [2.75, 3.05) is 5.32 Å². The molecule has 0 atom stereocenters. The van der Waals surface area contributed by atoms with Crippen molar-refractivity contribution >= 4 is 23.1 Å². The lowest BCUT2D eigenvalue weighted by atomic mass is 9.95. The second-order valence-electron chi connectivity index (χ2n) is 8.41. The zero-order valence-corrected chi connectivity index (χ0v) is 18.3. The minimum atomic E-state index is -4.49. The second kappa shape index (κ2) is 9.24. The van der Waals surface area contributed by atoms with Crippen LogP contribution >= 0.6 is 0 Å². The van der Waals surface area contributed by atoms with Crippen molar-refractivity contribution in [3.63, 3.8) is 0 Å². The van der Waals surface area contributed by atoms with Gasteiger partial charge in [-0.25, -0.2) is 4.79 Å². The molecule has 3 aromatic rings. The smallest absolute Gasteiger partial charge is 0.355 e. The summed E-state index contributed by atoms with van der Waals surface area (Å²) in [6.45, 7) is 0.160. The first-order chi connectivity index (χ1) is 16.6. The van der Waals surface area contributed by atoms with Gasteiger partial charge in [0, 0.05) is 24.8 Å². The normalized spacial score (nSPS) is 14.3. The predicted molar refractivity (Wildman–Crippen MR) is 121 cm³/mol. The number of Topliss-reactive ketones (excluding diaryl/α,β-unsaturated/α-hetero) is 1. The van der Waals surface area contributed by atoms with E-state index in [-0.39, 0.29) is 30.1 Å². The average molecular weight is 486 g/mol. The summed E-state index contributed by atoms with van der Waals surface area (Å²) in [5.74, 6) is -0.863. The van der Waals surface area contributed by atoms with Crippen LogP contribution in [-0.4, -0.2) is 21.7 Å². The molecule has 1 heterocycles. The van der Waals surface area contributed by atoms with E-state index in [2.05, 4.69) is 15.6 Å². The number of carbonyl (C=O) groups is 2. The molecule has 0 spiro atoms. The lowest BCUT2D eigenvalue weighted by Crippen LogP contribution is -2.34. The number of rotatable bonds is 8. The number of ketones is 1. The van der Waals surface area contributed by atoms with Crippen LogP contribution in [0.4, 0.5) is 24.5 Å². The number of aromatic amines is 2. The molecule has 0 bridgehead atoms. The van der Waals surface area contributed by atoms with Crippen molar-refractivity contribution < 1.29 is 22.8 Å². The van der Waals surface area contributed by atoms with Gasteiger partial charge in [-0.3, -0.25) is 19.4 Å². The molecule has 4 N–H and O–H groups in total. The molecule has 0 unspecified atom stereocenters. The third-order valence-corrected chi connectivity index (χ3v) is 5.87. The molecule has 4 rings (SSSR count). The summed E-state index contributed by atoms with van der Waals surface area (Å²) in [5, 5.41) is 5.53. The third-order valence-electron chi connectivity index (χ3n) is 5.87. The lowest BCUT2D eigenvalue weighted by molar-refractivity contribution is -0.137. The number of aromatic nitrogens is 2. The fourth-order valence-corrected chi connectivity index (χ4v) is 3.73. The number of hydrogen-bond acceptors (Lipinski definition) is 5. The standard InChI is InChI=1S/C24H21F3N4O4/c25-24(26,27)17-3-1-2-4-18(17)30-15-7-5-14(6-8-15)12-28-21(34)23(9-10-23)11-19(32)16-13-29-22(35)31-20(16)33/h1-8,13,30H,9-12H2,(H,28,34)(H2,29,31,33,35). The fourth-order valence-electron chi connectivity index (χ4n) is 3.73. The number of amides is 1. The van der Waals surface area contributed by atoms with Crippen LogP contribution in [0.5, 0.6) is 0 Å². The molecule has 1 aliphatic carbocycles. The van der Waals surface area contributed by atoms with E-state index in [1.165, 1.54) is 18.2 Å². The van der Waals surface area contributed by atoms with Gasteiger partial charge in [0.1, 0.15) is 0 Å². The molecular weight excluding hydrogens is 465 g/mol. The lowest BCUT2D eigenvalue weighted by Gasteiger charge is -2.16. The van der Waals surface area contributed by atoms with Gasteiger partial charge in [-0.2, -0.15) is 13.2 Å². The molecule has 0 aliphatic heterocycles. The van der Waals surface area contributed by atoms with Crippen molar-refractivity contribution in [2.24, 2.45) is 5.41 Å². The maximum absolute atomic E-state index is 13.2. The number of halogens is 3. The highest BCUT2D eigenvalue weighted by Crippen LogP contribution is 2.49. The molecule has 1 saturated carbocycles. The highest BCUT2D eigenvalue weighted by molar-refractivity contribution is 6.00. The van der Waals surface area contributed by atoms with Crippen molar-refractivity contribution in [1.82, 2.24) is 15.3 Å².